The van der Waals surface area contributed by atoms with Crippen LogP contribution in [-0.4, -0.2) is 0 Å². The van der Waals surface area contributed by atoms with Crippen molar-refractivity contribution in [1.82, 2.24) is 0 Å². The van der Waals surface area contributed by atoms with Crippen LogP contribution in [0.15, 0.2) is 84.9 Å². The van der Waals surface area contributed by atoms with Crippen LogP contribution in [-0.2, 0) is 0 Å². The van der Waals surface area contributed by atoms with Crippen LogP contribution in [0.1, 0.15) is 83.1 Å². The van der Waals surface area contributed by atoms with Gasteiger partial charge in [0.1, 0.15) is 0 Å². The molecule has 0 atom stereocenters. The molecule has 28 heavy (non-hydrogen) atoms. The van der Waals surface area contributed by atoms with E-state index in [1.165, 1.54) is 10.8 Å². The largest absolute Gasteiger partial charge is 0.0683 e. The van der Waals surface area contributed by atoms with E-state index in [0.29, 0.717) is 0 Å². The van der Waals surface area contributed by atoms with Gasteiger partial charge in [0.2, 0.25) is 0 Å². The van der Waals surface area contributed by atoms with Crippen molar-refractivity contribution in [2.24, 2.45) is 0 Å². The SMILES string of the molecule is CC.CC.CC.CC.CC.CC.c1ccc2ccccc2c1.c1ccccc1. The van der Waals surface area contributed by atoms with E-state index in [-0.39, 0.29) is 0 Å². The first kappa shape index (κ1) is 36.8. The van der Waals surface area contributed by atoms with E-state index in [9.17, 15) is 0 Å². The Hall–Kier alpha value is -2.08. The van der Waals surface area contributed by atoms with Crippen LogP contribution < -0.4 is 0 Å². The lowest BCUT2D eigenvalue weighted by molar-refractivity contribution is 1.50. The molecule has 162 valence electrons. The monoisotopic (exact) mass is 386 g/mol. The highest BCUT2D eigenvalue weighted by molar-refractivity contribution is 5.81. The standard InChI is InChI=1S/C10H8.C6H6.6C2H6/c1-2-6-10-8-4-3-7-9(10)5-1;1-2-4-6-5-3-1;6*1-2/h1-8H;1-6H;6*1-2H3. The minimum atomic E-state index is 1.31. The van der Waals surface area contributed by atoms with E-state index in [1.54, 1.807) is 0 Å². The zero-order valence-electron chi connectivity index (χ0n) is 21.1. The van der Waals surface area contributed by atoms with Crippen molar-refractivity contribution in [3.05, 3.63) is 84.9 Å². The van der Waals surface area contributed by atoms with Crippen LogP contribution >= 0.6 is 0 Å². The molecule has 0 bridgehead atoms. The van der Waals surface area contributed by atoms with Crippen molar-refractivity contribution in [2.45, 2.75) is 83.1 Å². The molecule has 3 aromatic carbocycles. The summed E-state index contributed by atoms with van der Waals surface area (Å²) in [6.45, 7) is 24.0. The lowest BCUT2D eigenvalue weighted by atomic mass is 10.1. The molecule has 0 fully saturated rings. The van der Waals surface area contributed by atoms with Crippen molar-refractivity contribution in [3.8, 4) is 0 Å². The van der Waals surface area contributed by atoms with Gasteiger partial charge in [-0.2, -0.15) is 0 Å². The van der Waals surface area contributed by atoms with Crippen molar-refractivity contribution >= 4 is 10.8 Å². The van der Waals surface area contributed by atoms with Crippen molar-refractivity contribution in [1.29, 1.82) is 0 Å². The number of fused-ring (bicyclic) bond motifs is 1. The molecule has 0 amide bonds. The summed E-state index contributed by atoms with van der Waals surface area (Å²) in [5.41, 5.74) is 0. The fraction of sp³-hybridized carbons (Fsp3) is 0.429. The average molecular weight is 387 g/mol. The normalized spacial score (nSPS) is 6.57. The van der Waals surface area contributed by atoms with Gasteiger partial charge in [0.25, 0.3) is 0 Å². The van der Waals surface area contributed by atoms with Gasteiger partial charge in [0.05, 0.1) is 0 Å². The zero-order valence-corrected chi connectivity index (χ0v) is 21.1. The summed E-state index contributed by atoms with van der Waals surface area (Å²) in [5, 5.41) is 2.62. The lowest BCUT2D eigenvalue weighted by Gasteiger charge is -1.92. The van der Waals surface area contributed by atoms with Gasteiger partial charge in [-0.25, -0.2) is 0 Å². The molecule has 0 aliphatic rings. The highest BCUT2D eigenvalue weighted by Crippen LogP contribution is 2.11. The fourth-order valence-corrected chi connectivity index (χ4v) is 1.52. The maximum absolute atomic E-state index is 2.12. The van der Waals surface area contributed by atoms with E-state index in [2.05, 4.69) is 48.5 Å². The van der Waals surface area contributed by atoms with Crippen LogP contribution in [0, 0.1) is 0 Å². The summed E-state index contributed by atoms with van der Waals surface area (Å²) < 4.78 is 0. The smallest absolute Gasteiger partial charge is 0.0184 e. The molecule has 0 aliphatic heterocycles. The molecule has 0 radical (unpaired) electrons. The number of hydrogen-bond acceptors (Lipinski definition) is 0. The van der Waals surface area contributed by atoms with Crippen molar-refractivity contribution in [2.75, 3.05) is 0 Å². The van der Waals surface area contributed by atoms with Gasteiger partial charge in [-0.1, -0.05) is 168 Å². The summed E-state index contributed by atoms with van der Waals surface area (Å²) >= 11 is 0. The summed E-state index contributed by atoms with van der Waals surface area (Å²) in [7, 11) is 0. The number of hydrogen-bond donors (Lipinski definition) is 0. The Bertz CT molecular complexity index is 434. The highest BCUT2D eigenvalue weighted by atomic mass is 13.9. The molecule has 0 aromatic heterocycles. The predicted molar refractivity (Wildman–Crippen MR) is 138 cm³/mol. The number of benzene rings is 3. The van der Waals surface area contributed by atoms with Crippen LogP contribution in [0.25, 0.3) is 10.8 Å². The molecular weight excluding hydrogens is 336 g/mol. The van der Waals surface area contributed by atoms with Crippen LogP contribution in [0.5, 0.6) is 0 Å². The summed E-state index contributed by atoms with van der Waals surface area (Å²) in [5.74, 6) is 0. The third-order valence-corrected chi connectivity index (χ3v) is 2.33. The maximum atomic E-state index is 2.12. The molecular formula is C28H50. The van der Waals surface area contributed by atoms with Crippen LogP contribution in [0.2, 0.25) is 0 Å². The van der Waals surface area contributed by atoms with Gasteiger partial charge in [-0.05, 0) is 10.8 Å². The van der Waals surface area contributed by atoms with Crippen molar-refractivity contribution < 1.29 is 0 Å². The summed E-state index contributed by atoms with van der Waals surface area (Å²) in [6, 6.07) is 28.7. The second-order valence-corrected chi connectivity index (χ2v) is 3.50. The van der Waals surface area contributed by atoms with Gasteiger partial charge < -0.3 is 0 Å². The number of rotatable bonds is 0. The van der Waals surface area contributed by atoms with Crippen molar-refractivity contribution in [3.63, 3.8) is 0 Å². The maximum Gasteiger partial charge on any atom is -0.0184 e. The van der Waals surface area contributed by atoms with E-state index in [1.807, 2.05) is 119 Å². The van der Waals surface area contributed by atoms with Gasteiger partial charge >= 0.3 is 0 Å². The predicted octanol–water partition coefficient (Wildman–Crippen LogP) is 10.7. The molecule has 0 aliphatic carbocycles. The topological polar surface area (TPSA) is 0 Å². The second kappa shape index (κ2) is 44.4. The third kappa shape index (κ3) is 26.2. The fourth-order valence-electron chi connectivity index (χ4n) is 1.52. The molecule has 3 rings (SSSR count). The first-order valence-corrected chi connectivity index (χ1v) is 11.4. The molecule has 0 nitrogen and oxygen atoms in total. The summed E-state index contributed by atoms with van der Waals surface area (Å²) in [6.07, 6.45) is 0. The Kier molecular flexibility index (Phi) is 58.3. The minimum Gasteiger partial charge on any atom is -0.0683 e. The molecule has 3 aromatic rings. The third-order valence-electron chi connectivity index (χ3n) is 2.33. The van der Waals surface area contributed by atoms with E-state index in [4.69, 9.17) is 0 Å². The Morgan fingerprint density at radius 1 is 0.250 bits per heavy atom. The first-order valence-electron chi connectivity index (χ1n) is 11.4. The molecule has 0 spiro atoms. The molecule has 0 saturated heterocycles. The Balaban J connectivity index is -0.0000000855. The lowest BCUT2D eigenvalue weighted by Crippen LogP contribution is -1.67. The highest BCUT2D eigenvalue weighted by Gasteiger charge is 1.85. The molecule has 0 heterocycles. The van der Waals surface area contributed by atoms with Crippen LogP contribution in [0.3, 0.4) is 0 Å². The van der Waals surface area contributed by atoms with E-state index < -0.39 is 0 Å². The Morgan fingerprint density at radius 3 is 0.536 bits per heavy atom. The second-order valence-electron chi connectivity index (χ2n) is 3.50. The quantitative estimate of drug-likeness (QED) is 0.360. The minimum absolute atomic E-state index is 1.31. The van der Waals surface area contributed by atoms with Gasteiger partial charge in [0, 0.05) is 0 Å². The van der Waals surface area contributed by atoms with Gasteiger partial charge in [-0.15, -0.1) is 0 Å². The Labute approximate surface area is 179 Å². The molecule has 0 N–H and O–H groups in total. The molecule has 0 unspecified atom stereocenters. The first-order chi connectivity index (χ1) is 14.0. The van der Waals surface area contributed by atoms with E-state index in [0.717, 1.165) is 0 Å². The molecule has 0 saturated carbocycles. The van der Waals surface area contributed by atoms with Crippen LogP contribution in [0.4, 0.5) is 0 Å². The Morgan fingerprint density at radius 2 is 0.393 bits per heavy atom. The molecule has 0 heteroatoms. The van der Waals surface area contributed by atoms with E-state index >= 15 is 0 Å². The van der Waals surface area contributed by atoms with Gasteiger partial charge in [0.15, 0.2) is 0 Å². The average Bonchev–Trinajstić information content (AvgIpc) is 2.88. The zero-order chi connectivity index (χ0) is 23.1. The summed E-state index contributed by atoms with van der Waals surface area (Å²) in [4.78, 5) is 0. The van der Waals surface area contributed by atoms with Gasteiger partial charge in [-0.3, -0.25) is 0 Å².